The lowest BCUT2D eigenvalue weighted by Gasteiger charge is -2.24. The van der Waals surface area contributed by atoms with Gasteiger partial charge in [0.05, 0.1) is 6.04 Å². The minimum atomic E-state index is -1.22. The van der Waals surface area contributed by atoms with Crippen LogP contribution in [0, 0.1) is 0 Å². The number of rotatable bonds is 5. The van der Waals surface area contributed by atoms with E-state index in [0.29, 0.717) is 10.6 Å². The summed E-state index contributed by atoms with van der Waals surface area (Å²) in [6.07, 6.45) is 0. The first kappa shape index (κ1) is 22.8. The van der Waals surface area contributed by atoms with E-state index in [9.17, 15) is 14.4 Å². The summed E-state index contributed by atoms with van der Waals surface area (Å²) >= 11 is 6.18. The number of amides is 4. The molecule has 1 saturated heterocycles. The lowest BCUT2D eigenvalue weighted by Crippen LogP contribution is -2.43. The number of halogens is 1. The van der Waals surface area contributed by atoms with E-state index in [1.165, 1.54) is 0 Å². The SMILES string of the molecule is CC(NC(=O)CN1C(=O)NC(C)(c2ccc(C(C)(C)C)cc2)C1=O)c1ccccc1Cl. The van der Waals surface area contributed by atoms with Gasteiger partial charge in [-0.15, -0.1) is 0 Å². The van der Waals surface area contributed by atoms with Gasteiger partial charge in [-0.05, 0) is 42.0 Å². The van der Waals surface area contributed by atoms with Gasteiger partial charge in [-0.2, -0.15) is 0 Å². The van der Waals surface area contributed by atoms with Gasteiger partial charge < -0.3 is 10.6 Å². The fourth-order valence-corrected chi connectivity index (χ4v) is 3.97. The number of nitrogens with one attached hydrogen (secondary N) is 2. The van der Waals surface area contributed by atoms with Crippen molar-refractivity contribution < 1.29 is 14.4 Å². The van der Waals surface area contributed by atoms with Crippen molar-refractivity contribution in [2.24, 2.45) is 0 Å². The number of hydrogen-bond acceptors (Lipinski definition) is 3. The highest BCUT2D eigenvalue weighted by Crippen LogP contribution is 2.31. The molecule has 31 heavy (non-hydrogen) atoms. The molecule has 1 aliphatic heterocycles. The largest absolute Gasteiger partial charge is 0.348 e. The molecule has 2 atom stereocenters. The highest BCUT2D eigenvalue weighted by atomic mass is 35.5. The van der Waals surface area contributed by atoms with E-state index in [0.717, 1.165) is 16.0 Å². The molecule has 0 saturated carbocycles. The van der Waals surface area contributed by atoms with Crippen LogP contribution in [0.5, 0.6) is 0 Å². The Kier molecular flexibility index (Phi) is 6.14. The van der Waals surface area contributed by atoms with Crippen LogP contribution >= 0.6 is 11.6 Å². The summed E-state index contributed by atoms with van der Waals surface area (Å²) in [6.45, 7) is 9.41. The molecule has 0 bridgehead atoms. The molecule has 6 nitrogen and oxygen atoms in total. The molecule has 4 amide bonds. The summed E-state index contributed by atoms with van der Waals surface area (Å²) in [4.78, 5) is 39.2. The minimum Gasteiger partial charge on any atom is -0.348 e. The van der Waals surface area contributed by atoms with Crippen LogP contribution in [0.25, 0.3) is 0 Å². The third-order valence-corrected chi connectivity index (χ3v) is 6.00. The van der Waals surface area contributed by atoms with Crippen molar-refractivity contribution in [3.8, 4) is 0 Å². The van der Waals surface area contributed by atoms with Crippen LogP contribution in [-0.2, 0) is 20.5 Å². The number of benzene rings is 2. The Hall–Kier alpha value is -2.86. The van der Waals surface area contributed by atoms with Gasteiger partial charge in [-0.25, -0.2) is 4.79 Å². The molecular weight excluding hydrogens is 414 g/mol. The molecule has 0 aliphatic carbocycles. The Labute approximate surface area is 188 Å². The second kappa shape index (κ2) is 8.35. The first-order valence-corrected chi connectivity index (χ1v) is 10.6. The average molecular weight is 442 g/mol. The Balaban J connectivity index is 1.72. The van der Waals surface area contributed by atoms with E-state index < -0.39 is 23.4 Å². The van der Waals surface area contributed by atoms with Gasteiger partial charge in [0.2, 0.25) is 5.91 Å². The fraction of sp³-hybridized carbons (Fsp3) is 0.375. The molecule has 164 valence electrons. The van der Waals surface area contributed by atoms with Crippen LogP contribution in [0.1, 0.15) is 57.4 Å². The second-order valence-electron chi connectivity index (χ2n) is 9.08. The Morgan fingerprint density at radius 1 is 1.13 bits per heavy atom. The van der Waals surface area contributed by atoms with Crippen LogP contribution in [-0.4, -0.2) is 29.3 Å². The smallest absolute Gasteiger partial charge is 0.325 e. The van der Waals surface area contributed by atoms with Crippen molar-refractivity contribution in [1.82, 2.24) is 15.5 Å². The highest BCUT2D eigenvalue weighted by Gasteiger charge is 2.49. The minimum absolute atomic E-state index is 0.0230. The van der Waals surface area contributed by atoms with E-state index in [4.69, 9.17) is 11.6 Å². The van der Waals surface area contributed by atoms with Gasteiger partial charge in [0.25, 0.3) is 5.91 Å². The number of imide groups is 1. The zero-order chi connectivity index (χ0) is 23.0. The van der Waals surface area contributed by atoms with Gasteiger partial charge in [-0.1, -0.05) is 74.8 Å². The van der Waals surface area contributed by atoms with Crippen molar-refractivity contribution >= 4 is 29.4 Å². The zero-order valence-corrected chi connectivity index (χ0v) is 19.2. The quantitative estimate of drug-likeness (QED) is 0.679. The second-order valence-corrected chi connectivity index (χ2v) is 9.49. The standard InChI is InChI=1S/C24H28ClN3O3/c1-15(18-8-6-7-9-19(18)25)26-20(29)14-28-21(30)24(5,27-22(28)31)17-12-10-16(11-13-17)23(2,3)4/h6-13,15H,14H2,1-5H3,(H,26,29)(H,27,31). The Bertz CT molecular complexity index is 1010. The number of carbonyl (C=O) groups is 3. The first-order chi connectivity index (χ1) is 14.4. The number of carbonyl (C=O) groups excluding carboxylic acids is 3. The molecular formula is C24H28ClN3O3. The summed E-state index contributed by atoms with van der Waals surface area (Å²) in [5, 5.41) is 6.08. The summed E-state index contributed by atoms with van der Waals surface area (Å²) < 4.78 is 0. The van der Waals surface area contributed by atoms with E-state index in [-0.39, 0.29) is 18.0 Å². The molecule has 2 N–H and O–H groups in total. The number of urea groups is 1. The summed E-state index contributed by atoms with van der Waals surface area (Å²) in [7, 11) is 0. The monoisotopic (exact) mass is 441 g/mol. The maximum Gasteiger partial charge on any atom is 0.325 e. The Morgan fingerprint density at radius 2 is 1.74 bits per heavy atom. The predicted molar refractivity (Wildman–Crippen MR) is 121 cm³/mol. The third kappa shape index (κ3) is 4.59. The molecule has 1 aliphatic rings. The summed E-state index contributed by atoms with van der Waals surface area (Å²) in [6, 6.07) is 13.9. The van der Waals surface area contributed by atoms with Crippen molar-refractivity contribution in [2.45, 2.75) is 51.6 Å². The molecule has 3 rings (SSSR count). The summed E-state index contributed by atoms with van der Waals surface area (Å²) in [5.41, 5.74) is 1.32. The summed E-state index contributed by atoms with van der Waals surface area (Å²) in [5.74, 6) is -0.898. The van der Waals surface area contributed by atoms with Crippen LogP contribution in [0.15, 0.2) is 48.5 Å². The first-order valence-electron chi connectivity index (χ1n) is 10.2. The molecule has 2 unspecified atom stereocenters. The molecule has 0 aromatic heterocycles. The highest BCUT2D eigenvalue weighted by molar-refractivity contribution is 6.31. The van der Waals surface area contributed by atoms with Gasteiger partial charge in [0.15, 0.2) is 0 Å². The molecule has 0 spiro atoms. The van der Waals surface area contributed by atoms with Crippen molar-refractivity contribution in [2.75, 3.05) is 6.54 Å². The third-order valence-electron chi connectivity index (χ3n) is 5.65. The number of nitrogens with zero attached hydrogens (tertiary/aromatic N) is 1. The maximum atomic E-state index is 13.1. The maximum absolute atomic E-state index is 13.1. The molecule has 0 radical (unpaired) electrons. The van der Waals surface area contributed by atoms with Gasteiger partial charge in [0.1, 0.15) is 12.1 Å². The van der Waals surface area contributed by atoms with Crippen molar-refractivity contribution in [3.63, 3.8) is 0 Å². The molecule has 2 aromatic carbocycles. The lowest BCUT2D eigenvalue weighted by molar-refractivity contribution is -0.135. The predicted octanol–water partition coefficient (Wildman–Crippen LogP) is 4.28. The average Bonchev–Trinajstić information content (AvgIpc) is 2.91. The van der Waals surface area contributed by atoms with Crippen LogP contribution in [0.3, 0.4) is 0 Å². The van der Waals surface area contributed by atoms with E-state index in [1.807, 2.05) is 42.5 Å². The lowest BCUT2D eigenvalue weighted by atomic mass is 9.84. The van der Waals surface area contributed by atoms with Crippen LogP contribution in [0.2, 0.25) is 5.02 Å². The van der Waals surface area contributed by atoms with Gasteiger partial charge in [0, 0.05) is 5.02 Å². The van der Waals surface area contributed by atoms with Crippen molar-refractivity contribution in [3.05, 3.63) is 70.2 Å². The van der Waals surface area contributed by atoms with E-state index in [1.54, 1.807) is 19.9 Å². The zero-order valence-electron chi connectivity index (χ0n) is 18.5. The van der Waals surface area contributed by atoms with Gasteiger partial charge in [-0.3, -0.25) is 14.5 Å². The fourth-order valence-electron chi connectivity index (χ4n) is 3.67. The Morgan fingerprint density at radius 3 is 2.32 bits per heavy atom. The normalized spacial score (nSPS) is 19.9. The number of hydrogen-bond donors (Lipinski definition) is 2. The molecule has 1 heterocycles. The molecule has 1 fully saturated rings. The molecule has 7 heteroatoms. The van der Waals surface area contributed by atoms with Crippen molar-refractivity contribution in [1.29, 1.82) is 0 Å². The van der Waals surface area contributed by atoms with Gasteiger partial charge >= 0.3 is 6.03 Å². The molecule has 2 aromatic rings. The van der Waals surface area contributed by atoms with Crippen LogP contribution < -0.4 is 10.6 Å². The van der Waals surface area contributed by atoms with E-state index in [2.05, 4.69) is 31.4 Å². The van der Waals surface area contributed by atoms with Crippen LogP contribution in [0.4, 0.5) is 4.79 Å². The topological polar surface area (TPSA) is 78.5 Å². The van der Waals surface area contributed by atoms with E-state index >= 15 is 0 Å².